The summed E-state index contributed by atoms with van der Waals surface area (Å²) in [5.41, 5.74) is 3.22. The van der Waals surface area contributed by atoms with Gasteiger partial charge in [0.05, 0.1) is 12.2 Å². The molecule has 0 aromatic carbocycles. The van der Waals surface area contributed by atoms with Crippen LogP contribution in [0.4, 0.5) is 0 Å². The maximum absolute atomic E-state index is 4.67. The summed E-state index contributed by atoms with van der Waals surface area (Å²) in [5, 5.41) is 6.97. The van der Waals surface area contributed by atoms with E-state index in [-0.39, 0.29) is 24.0 Å². The van der Waals surface area contributed by atoms with E-state index < -0.39 is 0 Å². The molecule has 2 N–H and O–H groups in total. The van der Waals surface area contributed by atoms with Crippen molar-refractivity contribution in [3.63, 3.8) is 0 Å². The molecule has 2 atom stereocenters. The zero-order chi connectivity index (χ0) is 18.0. The Morgan fingerprint density at radius 3 is 2.81 bits per heavy atom. The molecule has 1 saturated heterocycles. The summed E-state index contributed by atoms with van der Waals surface area (Å²) in [4.78, 5) is 11.6. The fourth-order valence-corrected chi connectivity index (χ4v) is 3.38. The van der Waals surface area contributed by atoms with Crippen LogP contribution in [0, 0.1) is 12.8 Å². The average Bonchev–Trinajstić information content (AvgIpc) is 3.14. The molecule has 0 aliphatic carbocycles. The normalized spacial score (nSPS) is 21.2. The van der Waals surface area contributed by atoms with Gasteiger partial charge in [-0.2, -0.15) is 0 Å². The molecule has 0 bridgehead atoms. The number of rotatable bonds is 4. The van der Waals surface area contributed by atoms with Crippen LogP contribution in [-0.4, -0.2) is 52.5 Å². The van der Waals surface area contributed by atoms with Crippen molar-refractivity contribution < 1.29 is 0 Å². The molecule has 1 fully saturated rings. The van der Waals surface area contributed by atoms with Crippen LogP contribution in [0.5, 0.6) is 0 Å². The number of guanidine groups is 1. The Bertz CT molecular complexity index is 754. The van der Waals surface area contributed by atoms with E-state index in [0.29, 0.717) is 24.5 Å². The third-order valence-corrected chi connectivity index (χ3v) is 5.02. The Morgan fingerprint density at radius 2 is 2.15 bits per heavy atom. The predicted octanol–water partition coefficient (Wildman–Crippen LogP) is 2.65. The number of fused-ring (bicyclic) bond motifs is 1. The minimum atomic E-state index is 0. The van der Waals surface area contributed by atoms with Gasteiger partial charge in [0.25, 0.3) is 0 Å². The van der Waals surface area contributed by atoms with Gasteiger partial charge >= 0.3 is 0 Å². The van der Waals surface area contributed by atoms with Crippen molar-refractivity contribution in [1.82, 2.24) is 24.9 Å². The van der Waals surface area contributed by atoms with Crippen LogP contribution in [0.2, 0.25) is 0 Å². The number of nitrogens with zero attached hydrogens (tertiary/aromatic N) is 4. The van der Waals surface area contributed by atoms with Gasteiger partial charge < -0.3 is 15.0 Å². The van der Waals surface area contributed by atoms with Gasteiger partial charge in [-0.25, -0.2) is 4.98 Å². The lowest BCUT2D eigenvalue weighted by Gasteiger charge is -2.21. The molecule has 0 saturated carbocycles. The topological polar surface area (TPSA) is 57.0 Å². The Hall–Kier alpha value is -1.35. The molecule has 6 nitrogen and oxygen atoms in total. The third-order valence-electron chi connectivity index (χ3n) is 5.02. The van der Waals surface area contributed by atoms with Crippen molar-refractivity contribution in [2.45, 2.75) is 46.3 Å². The van der Waals surface area contributed by atoms with Crippen LogP contribution in [-0.2, 0) is 6.54 Å². The second-order valence-electron chi connectivity index (χ2n) is 7.40. The number of hydrogen-bond acceptors (Lipinski definition) is 3. The van der Waals surface area contributed by atoms with Gasteiger partial charge in [0.1, 0.15) is 5.65 Å². The van der Waals surface area contributed by atoms with Crippen molar-refractivity contribution in [2.75, 3.05) is 20.1 Å². The molecule has 1 aliphatic heterocycles. The summed E-state index contributed by atoms with van der Waals surface area (Å²) >= 11 is 0. The zero-order valence-corrected chi connectivity index (χ0v) is 18.7. The van der Waals surface area contributed by atoms with Crippen LogP contribution < -0.4 is 10.6 Å². The Labute approximate surface area is 173 Å². The lowest BCUT2D eigenvalue weighted by atomic mass is 10.1. The Kier molecular flexibility index (Phi) is 7.28. The van der Waals surface area contributed by atoms with Crippen LogP contribution in [0.25, 0.3) is 5.65 Å². The number of halogens is 1. The van der Waals surface area contributed by atoms with E-state index in [4.69, 9.17) is 0 Å². The van der Waals surface area contributed by atoms with E-state index >= 15 is 0 Å². The van der Waals surface area contributed by atoms with Crippen molar-refractivity contribution in [1.29, 1.82) is 0 Å². The maximum Gasteiger partial charge on any atom is 0.191 e. The van der Waals surface area contributed by atoms with Crippen molar-refractivity contribution in [3.8, 4) is 0 Å². The molecule has 144 valence electrons. The summed E-state index contributed by atoms with van der Waals surface area (Å²) in [5.74, 6) is 1.45. The number of aliphatic imine (C=N–C) groups is 1. The van der Waals surface area contributed by atoms with E-state index in [1.165, 1.54) is 5.56 Å². The van der Waals surface area contributed by atoms with Crippen LogP contribution >= 0.6 is 24.0 Å². The smallest absolute Gasteiger partial charge is 0.191 e. The average molecular weight is 470 g/mol. The van der Waals surface area contributed by atoms with Crippen LogP contribution in [0.15, 0.2) is 29.5 Å². The number of aryl methyl sites for hydroxylation is 1. The molecular weight excluding hydrogens is 439 g/mol. The van der Waals surface area contributed by atoms with Gasteiger partial charge in [-0.05, 0) is 44.4 Å². The second-order valence-corrected chi connectivity index (χ2v) is 7.40. The van der Waals surface area contributed by atoms with Gasteiger partial charge in [-0.1, -0.05) is 6.92 Å². The van der Waals surface area contributed by atoms with Gasteiger partial charge in [0, 0.05) is 44.6 Å². The first-order chi connectivity index (χ1) is 12.0. The number of nitrogens with one attached hydrogen (secondary N) is 2. The molecule has 7 heteroatoms. The lowest BCUT2D eigenvalue weighted by Crippen LogP contribution is -2.46. The highest BCUT2D eigenvalue weighted by Crippen LogP contribution is 2.18. The van der Waals surface area contributed by atoms with E-state index in [1.807, 2.05) is 7.05 Å². The fraction of sp³-hybridized carbons (Fsp3) is 0.579. The fourth-order valence-electron chi connectivity index (χ4n) is 3.38. The molecule has 0 amide bonds. The first kappa shape index (κ1) is 21.0. The number of pyridine rings is 1. The highest BCUT2D eigenvalue weighted by atomic mass is 127. The van der Waals surface area contributed by atoms with Crippen molar-refractivity contribution in [2.24, 2.45) is 10.9 Å². The largest absolute Gasteiger partial charge is 0.352 e. The minimum absolute atomic E-state index is 0. The van der Waals surface area contributed by atoms with E-state index in [9.17, 15) is 0 Å². The second kappa shape index (κ2) is 9.03. The molecule has 0 radical (unpaired) electrons. The molecule has 2 aromatic rings. The third kappa shape index (κ3) is 4.88. The molecule has 3 rings (SSSR count). The Balaban J connectivity index is 0.00000243. The zero-order valence-electron chi connectivity index (χ0n) is 16.4. The predicted molar refractivity (Wildman–Crippen MR) is 118 cm³/mol. The first-order valence-corrected chi connectivity index (χ1v) is 9.11. The lowest BCUT2D eigenvalue weighted by molar-refractivity contribution is 0.265. The van der Waals surface area contributed by atoms with Gasteiger partial charge in [-0.3, -0.25) is 9.89 Å². The first-order valence-electron chi connectivity index (χ1n) is 9.11. The van der Waals surface area contributed by atoms with Crippen molar-refractivity contribution in [3.05, 3.63) is 35.8 Å². The van der Waals surface area contributed by atoms with E-state index in [1.54, 1.807) is 0 Å². The molecule has 2 aromatic heterocycles. The molecule has 1 aliphatic rings. The van der Waals surface area contributed by atoms with E-state index in [2.05, 4.69) is 82.1 Å². The SMILES string of the molecule is CN=C(NCc1cn2ccc(C)cc2n1)NC1CN(C(C)C)CC1C.I. The minimum Gasteiger partial charge on any atom is -0.352 e. The standard InChI is InChI=1S/C19H30N6.HI/c1-13(2)25-10-15(4)17(12-25)23-19(20-5)21-9-16-11-24-7-6-14(3)8-18(24)22-16;/h6-8,11,13,15,17H,9-10,12H2,1-5H3,(H2,20,21,23);1H. The number of imidazole rings is 1. The monoisotopic (exact) mass is 470 g/mol. The Morgan fingerprint density at radius 1 is 1.38 bits per heavy atom. The maximum atomic E-state index is 4.67. The van der Waals surface area contributed by atoms with Gasteiger partial charge in [0.15, 0.2) is 5.96 Å². The number of hydrogen-bond donors (Lipinski definition) is 2. The summed E-state index contributed by atoms with van der Waals surface area (Å²) in [6.07, 6.45) is 4.11. The van der Waals surface area contributed by atoms with Crippen LogP contribution in [0.1, 0.15) is 32.0 Å². The summed E-state index contributed by atoms with van der Waals surface area (Å²) in [6.45, 7) is 11.8. The van der Waals surface area contributed by atoms with Gasteiger partial charge in [0.2, 0.25) is 0 Å². The summed E-state index contributed by atoms with van der Waals surface area (Å²) < 4.78 is 2.06. The van der Waals surface area contributed by atoms with Crippen LogP contribution in [0.3, 0.4) is 0 Å². The van der Waals surface area contributed by atoms with Gasteiger partial charge in [-0.15, -0.1) is 24.0 Å². The highest BCUT2D eigenvalue weighted by molar-refractivity contribution is 14.0. The molecule has 26 heavy (non-hydrogen) atoms. The quantitative estimate of drug-likeness (QED) is 0.410. The highest BCUT2D eigenvalue weighted by Gasteiger charge is 2.31. The number of likely N-dealkylation sites (tertiary alicyclic amines) is 1. The molecule has 2 unspecified atom stereocenters. The molecule has 0 spiro atoms. The molecular formula is C19H31IN6. The summed E-state index contributed by atoms with van der Waals surface area (Å²) in [7, 11) is 1.82. The molecule has 3 heterocycles. The number of aromatic nitrogens is 2. The van der Waals surface area contributed by atoms with E-state index in [0.717, 1.165) is 30.4 Å². The van der Waals surface area contributed by atoms with Crippen molar-refractivity contribution >= 4 is 35.6 Å². The summed E-state index contributed by atoms with van der Waals surface area (Å²) in [6, 6.07) is 5.20.